The highest BCUT2D eigenvalue weighted by Crippen LogP contribution is 2.28. The van der Waals surface area contributed by atoms with Crippen LogP contribution in [0, 0.1) is 0 Å². The summed E-state index contributed by atoms with van der Waals surface area (Å²) in [5.74, 6) is 0.792. The monoisotopic (exact) mass is 260 g/mol. The van der Waals surface area contributed by atoms with E-state index < -0.39 is 0 Å². The lowest BCUT2D eigenvalue weighted by Gasteiger charge is -2.19. The lowest BCUT2D eigenvalue weighted by atomic mass is 10.0. The van der Waals surface area contributed by atoms with Crippen molar-refractivity contribution in [2.75, 3.05) is 13.7 Å². The molecule has 0 aliphatic rings. The molecule has 102 valence electrons. The summed E-state index contributed by atoms with van der Waals surface area (Å²) in [7, 11) is 3.59. The van der Waals surface area contributed by atoms with E-state index in [1.165, 1.54) is 0 Å². The second-order valence-electron chi connectivity index (χ2n) is 4.45. The Morgan fingerprint density at radius 2 is 2.26 bits per heavy atom. The quantitative estimate of drug-likeness (QED) is 0.862. The van der Waals surface area contributed by atoms with Crippen LogP contribution in [0.5, 0.6) is 5.75 Å². The first-order valence-corrected chi connectivity index (χ1v) is 6.46. The molecule has 0 aliphatic heterocycles. The van der Waals surface area contributed by atoms with Gasteiger partial charge in [0.2, 0.25) is 0 Å². The van der Waals surface area contributed by atoms with E-state index in [0.717, 1.165) is 29.8 Å². The Morgan fingerprint density at radius 3 is 2.89 bits per heavy atom. The molecule has 1 atom stereocenters. The largest absolute Gasteiger partial charge is 0.495 e. The summed E-state index contributed by atoms with van der Waals surface area (Å²) in [6, 6.07) is 2.06. The maximum atomic E-state index is 5.40. The molecular formula is C14H20N4O. The Balaban J connectivity index is 2.36. The molecule has 1 unspecified atom stereocenters. The van der Waals surface area contributed by atoms with Crippen LogP contribution < -0.4 is 10.1 Å². The number of hydrogen-bond acceptors (Lipinski definition) is 4. The molecule has 5 nitrogen and oxygen atoms in total. The van der Waals surface area contributed by atoms with Crippen LogP contribution in [0.3, 0.4) is 0 Å². The number of pyridine rings is 1. The van der Waals surface area contributed by atoms with Gasteiger partial charge >= 0.3 is 0 Å². The van der Waals surface area contributed by atoms with Crippen LogP contribution in [-0.2, 0) is 7.05 Å². The van der Waals surface area contributed by atoms with E-state index in [-0.39, 0.29) is 6.04 Å². The highest BCUT2D eigenvalue weighted by molar-refractivity contribution is 5.38. The number of nitrogens with one attached hydrogen (secondary N) is 1. The van der Waals surface area contributed by atoms with Gasteiger partial charge in [0.1, 0.15) is 5.75 Å². The van der Waals surface area contributed by atoms with Crippen LogP contribution in [0.15, 0.2) is 30.9 Å². The molecule has 0 fully saturated rings. The molecule has 2 rings (SSSR count). The predicted octanol–water partition coefficient (Wildman–Crippen LogP) is 1.91. The molecule has 0 amide bonds. The number of aromatic nitrogens is 3. The number of rotatable bonds is 6. The van der Waals surface area contributed by atoms with Gasteiger partial charge in [0.05, 0.1) is 25.5 Å². The minimum Gasteiger partial charge on any atom is -0.495 e. The fraction of sp³-hybridized carbons (Fsp3) is 0.429. The van der Waals surface area contributed by atoms with Gasteiger partial charge in [0.25, 0.3) is 0 Å². The Morgan fingerprint density at radius 1 is 1.42 bits per heavy atom. The normalized spacial score (nSPS) is 12.4. The van der Waals surface area contributed by atoms with Crippen molar-refractivity contribution in [2.45, 2.75) is 19.4 Å². The summed E-state index contributed by atoms with van der Waals surface area (Å²) in [6.45, 7) is 3.09. The fourth-order valence-corrected chi connectivity index (χ4v) is 2.09. The van der Waals surface area contributed by atoms with Crippen LogP contribution in [0.25, 0.3) is 0 Å². The number of hydrogen-bond donors (Lipinski definition) is 1. The highest BCUT2D eigenvalue weighted by Gasteiger charge is 2.18. The van der Waals surface area contributed by atoms with Gasteiger partial charge in [-0.2, -0.15) is 5.10 Å². The number of methoxy groups -OCH3 is 1. The van der Waals surface area contributed by atoms with Gasteiger partial charge in [-0.25, -0.2) is 0 Å². The first kappa shape index (κ1) is 13.5. The van der Waals surface area contributed by atoms with E-state index in [2.05, 4.69) is 22.3 Å². The molecular weight excluding hydrogens is 240 g/mol. The second kappa shape index (κ2) is 6.33. The van der Waals surface area contributed by atoms with E-state index in [1.807, 2.05) is 30.2 Å². The van der Waals surface area contributed by atoms with Crippen LogP contribution in [0.2, 0.25) is 0 Å². The Hall–Kier alpha value is -1.88. The Bertz CT molecular complexity index is 524. The Labute approximate surface area is 113 Å². The molecule has 2 aromatic rings. The van der Waals surface area contributed by atoms with Crippen molar-refractivity contribution in [3.05, 3.63) is 42.0 Å². The average Bonchev–Trinajstić information content (AvgIpc) is 2.86. The second-order valence-corrected chi connectivity index (χ2v) is 4.45. The summed E-state index contributed by atoms with van der Waals surface area (Å²) < 4.78 is 7.21. The smallest absolute Gasteiger partial charge is 0.142 e. The van der Waals surface area contributed by atoms with E-state index in [0.29, 0.717) is 0 Å². The zero-order valence-corrected chi connectivity index (χ0v) is 11.6. The highest BCUT2D eigenvalue weighted by atomic mass is 16.5. The third kappa shape index (κ3) is 3.12. The lowest BCUT2D eigenvalue weighted by Crippen LogP contribution is -2.23. The van der Waals surface area contributed by atoms with Crippen LogP contribution in [0.4, 0.5) is 0 Å². The third-order valence-corrected chi connectivity index (χ3v) is 3.00. The van der Waals surface area contributed by atoms with Crippen molar-refractivity contribution in [1.82, 2.24) is 20.1 Å². The van der Waals surface area contributed by atoms with Crippen LogP contribution >= 0.6 is 0 Å². The molecule has 0 spiro atoms. The zero-order chi connectivity index (χ0) is 13.7. The molecule has 0 radical (unpaired) electrons. The van der Waals surface area contributed by atoms with Gasteiger partial charge in [-0.05, 0) is 19.0 Å². The topological polar surface area (TPSA) is 52.0 Å². The van der Waals surface area contributed by atoms with E-state index >= 15 is 0 Å². The fourth-order valence-electron chi connectivity index (χ4n) is 2.09. The summed E-state index contributed by atoms with van der Waals surface area (Å²) in [4.78, 5) is 4.10. The zero-order valence-electron chi connectivity index (χ0n) is 11.6. The molecule has 1 N–H and O–H groups in total. The van der Waals surface area contributed by atoms with Gasteiger partial charge < -0.3 is 10.1 Å². The summed E-state index contributed by atoms with van der Waals surface area (Å²) in [6.07, 6.45) is 8.51. The molecule has 0 saturated heterocycles. The molecule has 0 aliphatic carbocycles. The van der Waals surface area contributed by atoms with E-state index in [9.17, 15) is 0 Å². The molecule has 0 aromatic carbocycles. The molecule has 0 bridgehead atoms. The molecule has 0 saturated carbocycles. The predicted molar refractivity (Wildman–Crippen MR) is 74.1 cm³/mol. The van der Waals surface area contributed by atoms with Crippen LogP contribution in [-0.4, -0.2) is 28.4 Å². The summed E-state index contributed by atoms with van der Waals surface area (Å²) >= 11 is 0. The minimum absolute atomic E-state index is 0.0756. The van der Waals surface area contributed by atoms with Crippen molar-refractivity contribution in [3.63, 3.8) is 0 Å². The van der Waals surface area contributed by atoms with Crippen LogP contribution in [0.1, 0.15) is 30.5 Å². The van der Waals surface area contributed by atoms with Crippen molar-refractivity contribution in [2.24, 2.45) is 7.05 Å². The summed E-state index contributed by atoms with van der Waals surface area (Å²) in [5, 5.41) is 7.78. The molecule has 5 heteroatoms. The van der Waals surface area contributed by atoms with Gasteiger partial charge in [-0.15, -0.1) is 0 Å². The van der Waals surface area contributed by atoms with Gasteiger partial charge in [-0.3, -0.25) is 9.67 Å². The maximum Gasteiger partial charge on any atom is 0.142 e. The summed E-state index contributed by atoms with van der Waals surface area (Å²) in [5.41, 5.74) is 2.21. The average molecular weight is 260 g/mol. The van der Waals surface area contributed by atoms with Gasteiger partial charge in [0, 0.05) is 30.6 Å². The van der Waals surface area contributed by atoms with E-state index in [1.54, 1.807) is 19.5 Å². The molecule has 19 heavy (non-hydrogen) atoms. The van der Waals surface area contributed by atoms with Crippen molar-refractivity contribution in [1.29, 1.82) is 0 Å². The number of nitrogens with zero attached hydrogens (tertiary/aromatic N) is 3. The van der Waals surface area contributed by atoms with Crippen molar-refractivity contribution in [3.8, 4) is 5.75 Å². The lowest BCUT2D eigenvalue weighted by molar-refractivity contribution is 0.402. The Kier molecular flexibility index (Phi) is 4.52. The maximum absolute atomic E-state index is 5.40. The number of aryl methyl sites for hydroxylation is 1. The van der Waals surface area contributed by atoms with Crippen molar-refractivity contribution < 1.29 is 4.74 Å². The standard InChI is InChI=1S/C14H20N4O/c1-4-6-16-14(11-8-17-18(2)10-11)12-5-7-15-9-13(12)19-3/h5,7-10,14,16H,4,6H2,1-3H3. The molecule has 2 heterocycles. The van der Waals surface area contributed by atoms with Gasteiger partial charge in [0.15, 0.2) is 0 Å². The SMILES string of the molecule is CCCNC(c1cnn(C)c1)c1ccncc1OC. The first-order valence-electron chi connectivity index (χ1n) is 6.46. The van der Waals surface area contributed by atoms with Gasteiger partial charge in [-0.1, -0.05) is 6.92 Å². The molecule has 2 aromatic heterocycles. The number of ether oxygens (including phenoxy) is 1. The van der Waals surface area contributed by atoms with E-state index in [4.69, 9.17) is 4.74 Å². The minimum atomic E-state index is 0.0756. The third-order valence-electron chi connectivity index (χ3n) is 3.00. The van der Waals surface area contributed by atoms with Crippen molar-refractivity contribution >= 4 is 0 Å². The first-order chi connectivity index (χ1) is 9.26.